The molecule has 0 atom stereocenters. The fraction of sp³-hybridized carbons (Fsp3) is 0.0909. The van der Waals surface area contributed by atoms with Crippen LogP contribution in [-0.2, 0) is 0 Å². The van der Waals surface area contributed by atoms with Crippen LogP contribution in [-0.4, -0.2) is 17.0 Å². The van der Waals surface area contributed by atoms with Crippen molar-refractivity contribution >= 4 is 5.69 Å². The summed E-state index contributed by atoms with van der Waals surface area (Å²) in [5, 5.41) is 3.09. The largest absolute Gasteiger partial charge is 0.388 e. The van der Waals surface area contributed by atoms with Crippen LogP contribution < -0.4 is 5.32 Å². The number of aromatic nitrogens is 2. The van der Waals surface area contributed by atoms with Gasteiger partial charge in [-0.25, -0.2) is 0 Å². The van der Waals surface area contributed by atoms with Crippen molar-refractivity contribution in [3.63, 3.8) is 0 Å². The third-order valence-electron chi connectivity index (χ3n) is 2.01. The molecule has 1 aromatic carbocycles. The van der Waals surface area contributed by atoms with Crippen molar-refractivity contribution in [1.29, 1.82) is 0 Å². The van der Waals surface area contributed by atoms with Crippen LogP contribution in [0.5, 0.6) is 0 Å². The predicted molar refractivity (Wildman–Crippen MR) is 57.0 cm³/mol. The van der Waals surface area contributed by atoms with Gasteiger partial charge in [-0.05, 0) is 12.1 Å². The first kappa shape index (κ1) is 8.69. The highest BCUT2D eigenvalue weighted by Crippen LogP contribution is 2.19. The lowest BCUT2D eigenvalue weighted by molar-refractivity contribution is 1.21. The zero-order valence-corrected chi connectivity index (χ0v) is 7.94. The molecule has 3 nitrogen and oxygen atoms in total. The molecular weight excluding hydrogens is 174 g/mol. The van der Waals surface area contributed by atoms with Gasteiger partial charge < -0.3 is 5.32 Å². The zero-order chi connectivity index (χ0) is 9.80. The van der Waals surface area contributed by atoms with Crippen molar-refractivity contribution in [2.45, 2.75) is 0 Å². The topological polar surface area (TPSA) is 37.8 Å². The maximum absolute atomic E-state index is 4.23. The van der Waals surface area contributed by atoms with Crippen LogP contribution in [0, 0.1) is 0 Å². The molecule has 0 amide bonds. The molecule has 0 radical (unpaired) electrons. The molecule has 0 aliphatic rings. The van der Waals surface area contributed by atoms with E-state index in [0.717, 1.165) is 16.9 Å². The van der Waals surface area contributed by atoms with Crippen LogP contribution in [0.3, 0.4) is 0 Å². The molecule has 1 N–H and O–H groups in total. The average Bonchev–Trinajstić information content (AvgIpc) is 2.30. The molecule has 0 saturated carbocycles. The van der Waals surface area contributed by atoms with Gasteiger partial charge in [0.1, 0.15) is 0 Å². The van der Waals surface area contributed by atoms with Gasteiger partial charge in [-0.15, -0.1) is 0 Å². The Hall–Kier alpha value is -1.90. The lowest BCUT2D eigenvalue weighted by Crippen LogP contribution is -1.89. The van der Waals surface area contributed by atoms with Gasteiger partial charge in [0, 0.05) is 30.7 Å². The molecule has 2 rings (SSSR count). The normalized spacial score (nSPS) is 9.79. The second kappa shape index (κ2) is 3.87. The van der Waals surface area contributed by atoms with Gasteiger partial charge in [-0.1, -0.05) is 12.1 Å². The molecule has 0 spiro atoms. The molecule has 14 heavy (non-hydrogen) atoms. The standard InChI is InChI=1S/C11H11N3/c1-12-10-4-2-3-9(7-10)11-8-13-5-6-14-11/h2-8,12H,1H3. The van der Waals surface area contributed by atoms with Gasteiger partial charge >= 0.3 is 0 Å². The summed E-state index contributed by atoms with van der Waals surface area (Å²) >= 11 is 0. The van der Waals surface area contributed by atoms with Crippen LogP contribution in [0.15, 0.2) is 42.9 Å². The van der Waals surface area contributed by atoms with E-state index in [4.69, 9.17) is 0 Å². The van der Waals surface area contributed by atoms with Gasteiger partial charge in [0.25, 0.3) is 0 Å². The third kappa shape index (κ3) is 1.71. The minimum Gasteiger partial charge on any atom is -0.388 e. The number of hydrogen-bond donors (Lipinski definition) is 1. The van der Waals surface area contributed by atoms with Gasteiger partial charge in [-0.2, -0.15) is 0 Å². The van der Waals surface area contributed by atoms with Crippen molar-refractivity contribution < 1.29 is 0 Å². The van der Waals surface area contributed by atoms with E-state index in [0.29, 0.717) is 0 Å². The van der Waals surface area contributed by atoms with E-state index in [1.807, 2.05) is 31.3 Å². The SMILES string of the molecule is CNc1cccc(-c2cnccn2)c1. The lowest BCUT2D eigenvalue weighted by Gasteiger charge is -2.03. The molecule has 0 aliphatic heterocycles. The highest BCUT2D eigenvalue weighted by molar-refractivity contribution is 5.63. The summed E-state index contributed by atoms with van der Waals surface area (Å²) in [6.45, 7) is 0. The van der Waals surface area contributed by atoms with Crippen LogP contribution in [0.4, 0.5) is 5.69 Å². The number of nitrogens with zero attached hydrogens (tertiary/aromatic N) is 2. The number of anilines is 1. The highest BCUT2D eigenvalue weighted by atomic mass is 14.8. The number of benzene rings is 1. The van der Waals surface area contributed by atoms with Crippen molar-refractivity contribution in [3.05, 3.63) is 42.9 Å². The molecule has 3 heteroatoms. The molecule has 0 bridgehead atoms. The molecular formula is C11H11N3. The Morgan fingerprint density at radius 2 is 2.14 bits per heavy atom. The van der Waals surface area contributed by atoms with Gasteiger partial charge in [0.15, 0.2) is 0 Å². The fourth-order valence-corrected chi connectivity index (χ4v) is 1.28. The van der Waals surface area contributed by atoms with Crippen LogP contribution in [0.25, 0.3) is 11.3 Å². The molecule has 2 aromatic rings. The van der Waals surface area contributed by atoms with E-state index in [1.165, 1.54) is 0 Å². The molecule has 0 unspecified atom stereocenters. The van der Waals surface area contributed by atoms with E-state index in [2.05, 4.69) is 15.3 Å². The van der Waals surface area contributed by atoms with E-state index in [-0.39, 0.29) is 0 Å². The van der Waals surface area contributed by atoms with Crippen molar-refractivity contribution in [1.82, 2.24) is 9.97 Å². The first-order valence-electron chi connectivity index (χ1n) is 4.44. The Balaban J connectivity index is 2.42. The zero-order valence-electron chi connectivity index (χ0n) is 7.94. The van der Waals surface area contributed by atoms with E-state index >= 15 is 0 Å². The Labute approximate surface area is 82.8 Å². The monoisotopic (exact) mass is 185 g/mol. The average molecular weight is 185 g/mol. The summed E-state index contributed by atoms with van der Waals surface area (Å²) in [7, 11) is 1.90. The molecule has 0 saturated heterocycles. The molecule has 1 heterocycles. The van der Waals surface area contributed by atoms with Crippen molar-refractivity contribution in [2.24, 2.45) is 0 Å². The second-order valence-corrected chi connectivity index (χ2v) is 2.92. The summed E-state index contributed by atoms with van der Waals surface area (Å²) in [4.78, 5) is 8.27. The molecule has 0 aliphatic carbocycles. The van der Waals surface area contributed by atoms with Crippen LogP contribution in [0.2, 0.25) is 0 Å². The van der Waals surface area contributed by atoms with Crippen LogP contribution >= 0.6 is 0 Å². The summed E-state index contributed by atoms with van der Waals surface area (Å²) in [6.07, 6.45) is 5.13. The van der Waals surface area contributed by atoms with Gasteiger partial charge in [0.2, 0.25) is 0 Å². The highest BCUT2D eigenvalue weighted by Gasteiger charge is 1.98. The Morgan fingerprint density at radius 3 is 2.86 bits per heavy atom. The predicted octanol–water partition coefficient (Wildman–Crippen LogP) is 2.19. The smallest absolute Gasteiger partial charge is 0.0885 e. The number of hydrogen-bond acceptors (Lipinski definition) is 3. The fourth-order valence-electron chi connectivity index (χ4n) is 1.28. The summed E-state index contributed by atoms with van der Waals surface area (Å²) in [5.41, 5.74) is 3.04. The molecule has 0 fully saturated rings. The Bertz CT molecular complexity index is 412. The summed E-state index contributed by atoms with van der Waals surface area (Å²) in [5.74, 6) is 0. The number of rotatable bonds is 2. The first-order chi connectivity index (χ1) is 6.90. The summed E-state index contributed by atoms with van der Waals surface area (Å²) in [6, 6.07) is 8.07. The molecule has 70 valence electrons. The van der Waals surface area contributed by atoms with Gasteiger partial charge in [0.05, 0.1) is 11.9 Å². The maximum atomic E-state index is 4.23. The van der Waals surface area contributed by atoms with Crippen molar-refractivity contribution in [2.75, 3.05) is 12.4 Å². The number of nitrogens with one attached hydrogen (secondary N) is 1. The van der Waals surface area contributed by atoms with E-state index < -0.39 is 0 Å². The first-order valence-corrected chi connectivity index (χ1v) is 4.44. The van der Waals surface area contributed by atoms with Crippen molar-refractivity contribution in [3.8, 4) is 11.3 Å². The molecule has 1 aromatic heterocycles. The third-order valence-corrected chi connectivity index (χ3v) is 2.01. The van der Waals surface area contributed by atoms with Crippen LogP contribution in [0.1, 0.15) is 0 Å². The maximum Gasteiger partial charge on any atom is 0.0885 e. The lowest BCUT2D eigenvalue weighted by atomic mass is 10.1. The van der Waals surface area contributed by atoms with E-state index in [9.17, 15) is 0 Å². The quantitative estimate of drug-likeness (QED) is 0.779. The van der Waals surface area contributed by atoms with Gasteiger partial charge in [-0.3, -0.25) is 9.97 Å². The Morgan fingerprint density at radius 1 is 1.21 bits per heavy atom. The minimum atomic E-state index is 0.893. The second-order valence-electron chi connectivity index (χ2n) is 2.92. The van der Waals surface area contributed by atoms with E-state index in [1.54, 1.807) is 18.6 Å². The Kier molecular flexibility index (Phi) is 2.40. The minimum absolute atomic E-state index is 0.893. The summed E-state index contributed by atoms with van der Waals surface area (Å²) < 4.78 is 0.